The molecule has 0 amide bonds. The van der Waals surface area contributed by atoms with Crippen molar-refractivity contribution in [2.24, 2.45) is 0 Å². The topological polar surface area (TPSA) is 8.17 Å². The van der Waals surface area contributed by atoms with Gasteiger partial charge in [0.25, 0.3) is 0 Å². The number of benzene rings is 7. The van der Waals surface area contributed by atoms with E-state index in [9.17, 15) is 0 Å². The highest BCUT2D eigenvalue weighted by atomic mass is 15.1. The van der Waals surface area contributed by atoms with Crippen LogP contribution in [0.1, 0.15) is 43.2 Å². The standard InChI is InChI=1S/C48H40N2/c1-5-16-38(17-6-1)48(32-13-4-14-33-48)39-18-15-23-43(35-39)49(40-19-7-2-8-20-40)42-29-26-36(27-30-42)37-28-31-47-45(34-37)44-24-11-12-25-46(44)50(47)41-21-9-3-10-22-41/h1-3,5-12,15-31,34-35H,4,13-14,32-33H2. The summed E-state index contributed by atoms with van der Waals surface area (Å²) in [5, 5.41) is 2.54. The average molecular weight is 645 g/mol. The van der Waals surface area contributed by atoms with Crippen molar-refractivity contribution >= 4 is 38.9 Å². The maximum atomic E-state index is 2.45. The lowest BCUT2D eigenvalue weighted by molar-refractivity contribution is 0.346. The fourth-order valence-corrected chi connectivity index (χ4v) is 8.43. The maximum Gasteiger partial charge on any atom is 0.0541 e. The first-order chi connectivity index (χ1) is 24.8. The van der Waals surface area contributed by atoms with E-state index >= 15 is 0 Å². The van der Waals surface area contributed by atoms with Crippen LogP contribution in [0, 0.1) is 0 Å². The van der Waals surface area contributed by atoms with Crippen molar-refractivity contribution < 1.29 is 0 Å². The number of anilines is 3. The van der Waals surface area contributed by atoms with Crippen LogP contribution in [0.3, 0.4) is 0 Å². The lowest BCUT2D eigenvalue weighted by atomic mass is 9.65. The minimum atomic E-state index is 0.0456. The van der Waals surface area contributed by atoms with E-state index in [-0.39, 0.29) is 5.41 Å². The van der Waals surface area contributed by atoms with Crippen LogP contribution < -0.4 is 4.90 Å². The van der Waals surface area contributed by atoms with E-state index in [1.807, 2.05) is 0 Å². The molecule has 0 saturated heterocycles. The number of para-hydroxylation sites is 3. The summed E-state index contributed by atoms with van der Waals surface area (Å²) in [6.07, 6.45) is 6.23. The molecule has 9 rings (SSSR count). The van der Waals surface area contributed by atoms with E-state index < -0.39 is 0 Å². The van der Waals surface area contributed by atoms with Crippen LogP contribution in [0.5, 0.6) is 0 Å². The molecule has 7 aromatic carbocycles. The predicted molar refractivity (Wildman–Crippen MR) is 211 cm³/mol. The minimum absolute atomic E-state index is 0.0456. The van der Waals surface area contributed by atoms with Gasteiger partial charge in [-0.05, 0) is 102 Å². The fraction of sp³-hybridized carbons (Fsp3) is 0.125. The van der Waals surface area contributed by atoms with Crippen LogP contribution in [0.25, 0.3) is 38.6 Å². The summed E-state index contributed by atoms with van der Waals surface area (Å²) in [5.41, 5.74) is 12.5. The Bertz CT molecular complexity index is 2380. The Morgan fingerprint density at radius 1 is 0.400 bits per heavy atom. The van der Waals surface area contributed by atoms with Gasteiger partial charge in [-0.15, -0.1) is 0 Å². The van der Waals surface area contributed by atoms with E-state index in [1.165, 1.54) is 87.5 Å². The molecule has 2 nitrogen and oxygen atoms in total. The van der Waals surface area contributed by atoms with Gasteiger partial charge >= 0.3 is 0 Å². The van der Waals surface area contributed by atoms with Crippen molar-refractivity contribution in [3.05, 3.63) is 193 Å². The highest BCUT2D eigenvalue weighted by Crippen LogP contribution is 2.47. The molecule has 1 aromatic heterocycles. The summed E-state index contributed by atoms with van der Waals surface area (Å²) in [7, 11) is 0. The Hall–Kier alpha value is -5.86. The first-order valence-electron chi connectivity index (χ1n) is 18.0. The molecule has 1 saturated carbocycles. The van der Waals surface area contributed by atoms with Crippen molar-refractivity contribution in [1.29, 1.82) is 0 Å². The van der Waals surface area contributed by atoms with Crippen LogP contribution in [0.15, 0.2) is 182 Å². The molecule has 0 bridgehead atoms. The molecule has 1 heterocycles. The largest absolute Gasteiger partial charge is 0.310 e. The number of hydrogen-bond donors (Lipinski definition) is 0. The average Bonchev–Trinajstić information content (AvgIpc) is 3.53. The summed E-state index contributed by atoms with van der Waals surface area (Å²) in [6.45, 7) is 0. The molecule has 0 radical (unpaired) electrons. The Kier molecular flexibility index (Phi) is 7.78. The first kappa shape index (κ1) is 30.2. The zero-order valence-electron chi connectivity index (χ0n) is 28.3. The second-order valence-electron chi connectivity index (χ2n) is 13.7. The Labute approximate surface area is 294 Å². The van der Waals surface area contributed by atoms with Crippen molar-refractivity contribution in [2.45, 2.75) is 37.5 Å². The smallest absolute Gasteiger partial charge is 0.0541 e. The first-order valence-corrected chi connectivity index (χ1v) is 18.0. The van der Waals surface area contributed by atoms with Gasteiger partial charge in [-0.1, -0.05) is 135 Å². The van der Waals surface area contributed by atoms with Crippen LogP contribution >= 0.6 is 0 Å². The van der Waals surface area contributed by atoms with E-state index in [2.05, 4.69) is 191 Å². The van der Waals surface area contributed by atoms with Gasteiger partial charge in [0, 0.05) is 38.9 Å². The molecule has 8 aromatic rings. The lowest BCUT2D eigenvalue weighted by Gasteiger charge is -2.39. The van der Waals surface area contributed by atoms with Gasteiger partial charge in [-0.25, -0.2) is 0 Å². The number of fused-ring (bicyclic) bond motifs is 3. The highest BCUT2D eigenvalue weighted by molar-refractivity contribution is 6.10. The summed E-state index contributed by atoms with van der Waals surface area (Å²) < 4.78 is 2.37. The molecule has 0 aliphatic heterocycles. The Morgan fingerprint density at radius 3 is 1.74 bits per heavy atom. The molecule has 1 aliphatic carbocycles. The van der Waals surface area contributed by atoms with Crippen molar-refractivity contribution in [3.63, 3.8) is 0 Å². The molecule has 1 fully saturated rings. The molecule has 0 unspecified atom stereocenters. The zero-order valence-corrected chi connectivity index (χ0v) is 28.3. The second kappa shape index (κ2) is 12.9. The van der Waals surface area contributed by atoms with E-state index in [1.54, 1.807) is 0 Å². The summed E-state index contributed by atoms with van der Waals surface area (Å²) >= 11 is 0. The normalized spacial score (nSPS) is 14.2. The van der Waals surface area contributed by atoms with E-state index in [4.69, 9.17) is 0 Å². The predicted octanol–water partition coefficient (Wildman–Crippen LogP) is 13.2. The van der Waals surface area contributed by atoms with Crippen LogP contribution in [0.4, 0.5) is 17.1 Å². The minimum Gasteiger partial charge on any atom is -0.310 e. The molecule has 0 N–H and O–H groups in total. The third kappa shape index (κ3) is 5.29. The third-order valence-corrected chi connectivity index (χ3v) is 10.9. The van der Waals surface area contributed by atoms with Crippen LogP contribution in [-0.4, -0.2) is 4.57 Å². The van der Waals surface area contributed by atoms with Crippen molar-refractivity contribution in [2.75, 3.05) is 4.90 Å². The maximum absolute atomic E-state index is 2.45. The second-order valence-corrected chi connectivity index (χ2v) is 13.7. The van der Waals surface area contributed by atoms with E-state index in [0.717, 1.165) is 11.4 Å². The number of rotatable bonds is 7. The van der Waals surface area contributed by atoms with Gasteiger partial charge in [0.2, 0.25) is 0 Å². The Balaban J connectivity index is 1.12. The SMILES string of the molecule is c1ccc(N(c2ccc(-c3ccc4c(c3)c3ccccc3n4-c3ccccc3)cc2)c2cccc(C3(c4ccccc4)CCCCC3)c2)cc1. The molecule has 0 atom stereocenters. The van der Waals surface area contributed by atoms with Gasteiger partial charge in [0.15, 0.2) is 0 Å². The number of nitrogens with zero attached hydrogens (tertiary/aromatic N) is 2. The van der Waals surface area contributed by atoms with Gasteiger partial charge in [0.1, 0.15) is 0 Å². The number of hydrogen-bond acceptors (Lipinski definition) is 1. The van der Waals surface area contributed by atoms with Gasteiger partial charge in [-0.3, -0.25) is 0 Å². The molecular formula is C48H40N2. The van der Waals surface area contributed by atoms with Gasteiger partial charge in [-0.2, -0.15) is 0 Å². The highest BCUT2D eigenvalue weighted by Gasteiger charge is 2.36. The quantitative estimate of drug-likeness (QED) is 0.168. The summed E-state index contributed by atoms with van der Waals surface area (Å²) in [6, 6.07) is 66.7. The number of aromatic nitrogens is 1. The fourth-order valence-electron chi connectivity index (χ4n) is 8.43. The molecule has 2 heteroatoms. The monoisotopic (exact) mass is 644 g/mol. The third-order valence-electron chi connectivity index (χ3n) is 10.9. The van der Waals surface area contributed by atoms with Gasteiger partial charge in [0.05, 0.1) is 11.0 Å². The van der Waals surface area contributed by atoms with Crippen LogP contribution in [0.2, 0.25) is 0 Å². The molecular weight excluding hydrogens is 605 g/mol. The molecule has 242 valence electrons. The summed E-state index contributed by atoms with van der Waals surface area (Å²) in [4.78, 5) is 2.41. The Morgan fingerprint density at radius 2 is 0.980 bits per heavy atom. The lowest BCUT2D eigenvalue weighted by Crippen LogP contribution is -2.30. The summed E-state index contributed by atoms with van der Waals surface area (Å²) in [5.74, 6) is 0. The van der Waals surface area contributed by atoms with Gasteiger partial charge < -0.3 is 9.47 Å². The van der Waals surface area contributed by atoms with E-state index in [0.29, 0.717) is 0 Å². The zero-order chi connectivity index (χ0) is 33.3. The molecule has 1 aliphatic rings. The molecule has 0 spiro atoms. The van der Waals surface area contributed by atoms with Crippen LogP contribution in [-0.2, 0) is 5.41 Å². The molecule has 50 heavy (non-hydrogen) atoms. The van der Waals surface area contributed by atoms with Crippen molar-refractivity contribution in [3.8, 4) is 16.8 Å². The van der Waals surface area contributed by atoms with Crippen molar-refractivity contribution in [1.82, 2.24) is 4.57 Å².